The summed E-state index contributed by atoms with van der Waals surface area (Å²) >= 11 is 0. The molecule has 0 N–H and O–H groups in total. The maximum atomic E-state index is 8.24. The van der Waals surface area contributed by atoms with E-state index in [1.54, 1.807) is 6.26 Å². The first kappa shape index (κ1) is 7.95. The first-order valence-electron chi connectivity index (χ1n) is 4.16. The zero-order valence-corrected chi connectivity index (χ0v) is 7.00. The molecular weight excluding hydrogens is 166 g/mol. The molecule has 0 aromatic carbocycles. The zero-order valence-electron chi connectivity index (χ0n) is 7.00. The molecule has 0 aliphatic heterocycles. The summed E-state index contributed by atoms with van der Waals surface area (Å²) in [5.41, 5.74) is 8.24. The molecule has 2 unspecified atom stereocenters. The Morgan fingerprint density at radius 1 is 1.54 bits per heavy atom. The SMILES string of the molecule is [N-]=[N+]=NC1C=CC(c2ccco2)C1. The number of hydrogen-bond acceptors (Lipinski definition) is 2. The van der Waals surface area contributed by atoms with E-state index < -0.39 is 0 Å². The summed E-state index contributed by atoms with van der Waals surface area (Å²) in [7, 11) is 0. The first-order chi connectivity index (χ1) is 6.40. The molecule has 0 fully saturated rings. The van der Waals surface area contributed by atoms with Crippen LogP contribution >= 0.6 is 0 Å². The summed E-state index contributed by atoms with van der Waals surface area (Å²) in [6.45, 7) is 0. The number of hydrogen-bond donors (Lipinski definition) is 0. The second-order valence-corrected chi connectivity index (χ2v) is 3.01. The van der Waals surface area contributed by atoms with Crippen LogP contribution < -0.4 is 0 Å². The van der Waals surface area contributed by atoms with Gasteiger partial charge >= 0.3 is 0 Å². The van der Waals surface area contributed by atoms with Crippen LogP contribution in [0.2, 0.25) is 0 Å². The highest BCUT2D eigenvalue weighted by Crippen LogP contribution is 2.30. The Labute approximate surface area is 75.5 Å². The van der Waals surface area contributed by atoms with Crippen LogP contribution in [0.5, 0.6) is 0 Å². The van der Waals surface area contributed by atoms with Gasteiger partial charge in [0.15, 0.2) is 0 Å². The van der Waals surface area contributed by atoms with Gasteiger partial charge in [-0.05, 0) is 24.1 Å². The maximum Gasteiger partial charge on any atom is 0.110 e. The molecule has 13 heavy (non-hydrogen) atoms. The molecule has 0 spiro atoms. The number of furan rings is 1. The van der Waals surface area contributed by atoms with Gasteiger partial charge in [0.2, 0.25) is 0 Å². The Morgan fingerprint density at radius 3 is 3.15 bits per heavy atom. The van der Waals surface area contributed by atoms with Crippen molar-refractivity contribution in [2.75, 3.05) is 0 Å². The van der Waals surface area contributed by atoms with E-state index in [-0.39, 0.29) is 12.0 Å². The Balaban J connectivity index is 2.08. The molecule has 1 heterocycles. The van der Waals surface area contributed by atoms with Gasteiger partial charge in [0.05, 0.1) is 12.3 Å². The van der Waals surface area contributed by atoms with Crippen LogP contribution in [0, 0.1) is 0 Å². The van der Waals surface area contributed by atoms with Crippen molar-refractivity contribution >= 4 is 0 Å². The van der Waals surface area contributed by atoms with Crippen LogP contribution in [-0.2, 0) is 0 Å². The normalized spacial score (nSPS) is 25.8. The van der Waals surface area contributed by atoms with Gasteiger partial charge < -0.3 is 4.42 Å². The molecule has 4 nitrogen and oxygen atoms in total. The fourth-order valence-corrected chi connectivity index (χ4v) is 1.54. The van der Waals surface area contributed by atoms with Crippen LogP contribution in [0.1, 0.15) is 18.1 Å². The van der Waals surface area contributed by atoms with Gasteiger partial charge in [-0.25, -0.2) is 0 Å². The van der Waals surface area contributed by atoms with Gasteiger partial charge in [-0.15, -0.1) is 0 Å². The molecule has 1 aromatic heterocycles. The minimum absolute atomic E-state index is 0.0138. The average molecular weight is 175 g/mol. The number of rotatable bonds is 2. The van der Waals surface area contributed by atoms with Gasteiger partial charge in [-0.1, -0.05) is 17.3 Å². The third-order valence-corrected chi connectivity index (χ3v) is 2.17. The summed E-state index contributed by atoms with van der Waals surface area (Å²) in [6.07, 6.45) is 6.42. The van der Waals surface area contributed by atoms with E-state index in [2.05, 4.69) is 10.0 Å². The molecule has 0 bridgehead atoms. The van der Waals surface area contributed by atoms with Gasteiger partial charge in [-0.2, -0.15) is 0 Å². The summed E-state index contributed by atoms with van der Waals surface area (Å²) in [5.74, 6) is 1.21. The molecule has 1 aliphatic carbocycles. The van der Waals surface area contributed by atoms with Crippen LogP contribution in [0.4, 0.5) is 0 Å². The van der Waals surface area contributed by atoms with Crippen molar-refractivity contribution in [2.24, 2.45) is 5.11 Å². The number of allylic oxidation sites excluding steroid dienone is 1. The van der Waals surface area contributed by atoms with Gasteiger partial charge in [0, 0.05) is 10.8 Å². The lowest BCUT2D eigenvalue weighted by atomic mass is 10.1. The highest BCUT2D eigenvalue weighted by Gasteiger charge is 2.20. The monoisotopic (exact) mass is 175 g/mol. The summed E-state index contributed by atoms with van der Waals surface area (Å²) in [6, 6.07) is 3.79. The smallest absolute Gasteiger partial charge is 0.110 e. The minimum Gasteiger partial charge on any atom is -0.469 e. The van der Waals surface area contributed by atoms with Gasteiger partial charge in [0.25, 0.3) is 0 Å². The van der Waals surface area contributed by atoms with Crippen molar-refractivity contribution in [1.29, 1.82) is 0 Å². The van der Waals surface area contributed by atoms with Crippen molar-refractivity contribution in [3.8, 4) is 0 Å². The van der Waals surface area contributed by atoms with Crippen LogP contribution in [0.25, 0.3) is 10.4 Å². The fourth-order valence-electron chi connectivity index (χ4n) is 1.54. The second kappa shape index (κ2) is 3.37. The van der Waals surface area contributed by atoms with E-state index >= 15 is 0 Å². The molecule has 66 valence electrons. The van der Waals surface area contributed by atoms with Crippen molar-refractivity contribution in [3.63, 3.8) is 0 Å². The Bertz CT molecular complexity index is 349. The molecule has 1 aromatic rings. The Morgan fingerprint density at radius 2 is 2.46 bits per heavy atom. The minimum atomic E-state index is -0.0138. The Kier molecular flexibility index (Phi) is 2.06. The van der Waals surface area contributed by atoms with Gasteiger partial charge in [-0.3, -0.25) is 0 Å². The predicted octanol–water partition coefficient (Wildman–Crippen LogP) is 3.00. The van der Waals surface area contributed by atoms with Crippen LogP contribution in [-0.4, -0.2) is 6.04 Å². The van der Waals surface area contributed by atoms with E-state index in [4.69, 9.17) is 9.95 Å². The lowest BCUT2D eigenvalue weighted by Crippen LogP contribution is -1.97. The molecule has 1 aliphatic rings. The topological polar surface area (TPSA) is 61.9 Å². The average Bonchev–Trinajstić information content (AvgIpc) is 2.70. The van der Waals surface area contributed by atoms with E-state index in [1.165, 1.54) is 0 Å². The quantitative estimate of drug-likeness (QED) is 0.295. The summed E-state index contributed by atoms with van der Waals surface area (Å²) in [5, 5.41) is 3.64. The standard InChI is InChI=1S/C9H9N3O/c10-12-11-8-4-3-7(6-8)9-2-1-5-13-9/h1-5,7-8H,6H2. The third kappa shape index (κ3) is 1.58. The largest absolute Gasteiger partial charge is 0.469 e. The van der Waals surface area contributed by atoms with Crippen LogP contribution in [0.15, 0.2) is 40.1 Å². The van der Waals surface area contributed by atoms with E-state index in [0.717, 1.165) is 12.2 Å². The lowest BCUT2D eigenvalue weighted by Gasteiger charge is -2.03. The molecule has 0 radical (unpaired) electrons. The number of azide groups is 1. The van der Waals surface area contributed by atoms with Crippen LogP contribution in [0.3, 0.4) is 0 Å². The van der Waals surface area contributed by atoms with Gasteiger partial charge in [0.1, 0.15) is 5.76 Å². The molecular formula is C9H9N3O. The molecule has 2 atom stereocenters. The lowest BCUT2D eigenvalue weighted by molar-refractivity contribution is 0.481. The summed E-state index contributed by atoms with van der Waals surface area (Å²) < 4.78 is 5.26. The van der Waals surface area contributed by atoms with E-state index in [9.17, 15) is 0 Å². The predicted molar refractivity (Wildman–Crippen MR) is 48.1 cm³/mol. The van der Waals surface area contributed by atoms with Crippen molar-refractivity contribution < 1.29 is 4.42 Å². The fraction of sp³-hybridized carbons (Fsp3) is 0.333. The van der Waals surface area contributed by atoms with E-state index in [0.29, 0.717) is 0 Å². The Hall–Kier alpha value is -1.67. The highest BCUT2D eigenvalue weighted by atomic mass is 16.3. The second-order valence-electron chi connectivity index (χ2n) is 3.01. The van der Waals surface area contributed by atoms with Crippen molar-refractivity contribution in [2.45, 2.75) is 18.4 Å². The first-order valence-corrected chi connectivity index (χ1v) is 4.16. The summed E-state index contributed by atoms with van der Waals surface area (Å²) in [4.78, 5) is 2.78. The molecule has 0 amide bonds. The highest BCUT2D eigenvalue weighted by molar-refractivity contribution is 5.20. The van der Waals surface area contributed by atoms with Crippen molar-refractivity contribution in [1.82, 2.24) is 0 Å². The maximum absolute atomic E-state index is 8.24. The molecule has 0 saturated carbocycles. The van der Waals surface area contributed by atoms with Crippen molar-refractivity contribution in [3.05, 3.63) is 46.8 Å². The zero-order chi connectivity index (χ0) is 9.10. The number of nitrogens with zero attached hydrogens (tertiary/aromatic N) is 3. The van der Waals surface area contributed by atoms with E-state index in [1.807, 2.05) is 24.3 Å². The third-order valence-electron chi connectivity index (χ3n) is 2.17. The molecule has 4 heteroatoms. The molecule has 2 rings (SSSR count). The molecule has 0 saturated heterocycles.